The highest BCUT2D eigenvalue weighted by Crippen LogP contribution is 2.38. The molecule has 19 heavy (non-hydrogen) atoms. The third-order valence-corrected chi connectivity index (χ3v) is 6.59. The molecule has 2 unspecified atom stereocenters. The summed E-state index contributed by atoms with van der Waals surface area (Å²) in [5.41, 5.74) is 7.63. The van der Waals surface area contributed by atoms with Crippen LogP contribution in [0.5, 0.6) is 0 Å². The van der Waals surface area contributed by atoms with Crippen molar-refractivity contribution in [2.24, 2.45) is 5.73 Å². The Labute approximate surface area is 129 Å². The predicted octanol–water partition coefficient (Wildman–Crippen LogP) is 3.49. The summed E-state index contributed by atoms with van der Waals surface area (Å²) in [6.07, 6.45) is 2.48. The first kappa shape index (κ1) is 15.4. The van der Waals surface area contributed by atoms with Crippen LogP contribution in [-0.2, 0) is 6.54 Å². The molecule has 1 fully saturated rings. The fourth-order valence-electron chi connectivity index (χ4n) is 2.96. The zero-order chi connectivity index (χ0) is 13.9. The third kappa shape index (κ3) is 3.18. The van der Waals surface area contributed by atoms with Crippen LogP contribution >= 0.6 is 27.7 Å². The molecule has 2 N–H and O–H groups in total. The molecule has 2 atom stereocenters. The number of rotatable bonds is 4. The Morgan fingerprint density at radius 3 is 2.84 bits per heavy atom. The lowest BCUT2D eigenvalue weighted by molar-refractivity contribution is 0.104. The Morgan fingerprint density at radius 2 is 2.21 bits per heavy atom. The van der Waals surface area contributed by atoms with Crippen molar-refractivity contribution in [2.75, 3.05) is 19.3 Å². The summed E-state index contributed by atoms with van der Waals surface area (Å²) < 4.78 is 1.19. The van der Waals surface area contributed by atoms with Crippen LogP contribution in [0.25, 0.3) is 0 Å². The topological polar surface area (TPSA) is 29.3 Å². The van der Waals surface area contributed by atoms with Crippen LogP contribution in [0.4, 0.5) is 0 Å². The standard InChI is InChI=1S/C15H23BrN2S/c1-12-15(11-17,8-5-9-19-12)18(2)10-13-6-3-4-7-14(13)16/h3-4,6-7,12H,5,8-11,17H2,1-2H3. The number of thioether (sulfide) groups is 1. The average Bonchev–Trinajstić information content (AvgIpc) is 2.42. The van der Waals surface area contributed by atoms with Crippen LogP contribution in [0.3, 0.4) is 0 Å². The molecule has 2 nitrogen and oxygen atoms in total. The van der Waals surface area contributed by atoms with Crippen molar-refractivity contribution < 1.29 is 0 Å². The van der Waals surface area contributed by atoms with Gasteiger partial charge in [0.25, 0.3) is 0 Å². The van der Waals surface area contributed by atoms with E-state index in [0.717, 1.165) is 13.1 Å². The first-order valence-corrected chi connectivity index (χ1v) is 8.70. The van der Waals surface area contributed by atoms with Crippen LogP contribution in [0.15, 0.2) is 28.7 Å². The summed E-state index contributed by atoms with van der Waals surface area (Å²) in [5.74, 6) is 1.27. The summed E-state index contributed by atoms with van der Waals surface area (Å²) in [5, 5.41) is 0.596. The molecule has 0 aliphatic carbocycles. The lowest BCUT2D eigenvalue weighted by atomic mass is 9.87. The second-order valence-electron chi connectivity index (χ2n) is 5.37. The van der Waals surface area contributed by atoms with Gasteiger partial charge in [0.05, 0.1) is 0 Å². The number of nitrogens with zero attached hydrogens (tertiary/aromatic N) is 1. The SMILES string of the molecule is CC1SCCCC1(CN)N(C)Cc1ccccc1Br. The molecular weight excluding hydrogens is 320 g/mol. The van der Waals surface area contributed by atoms with E-state index in [2.05, 4.69) is 70.8 Å². The maximum Gasteiger partial charge on any atom is 0.0448 e. The molecule has 1 saturated heterocycles. The van der Waals surface area contributed by atoms with Crippen molar-refractivity contribution in [3.8, 4) is 0 Å². The van der Waals surface area contributed by atoms with Crippen molar-refractivity contribution in [2.45, 2.75) is 37.1 Å². The zero-order valence-corrected chi connectivity index (χ0v) is 14.1. The first-order valence-electron chi connectivity index (χ1n) is 6.86. The average molecular weight is 343 g/mol. The van der Waals surface area contributed by atoms with Gasteiger partial charge in [0.1, 0.15) is 0 Å². The van der Waals surface area contributed by atoms with Gasteiger partial charge in [-0.2, -0.15) is 11.8 Å². The van der Waals surface area contributed by atoms with E-state index in [0.29, 0.717) is 5.25 Å². The van der Waals surface area contributed by atoms with E-state index in [1.807, 2.05) is 0 Å². The molecule has 1 heterocycles. The van der Waals surface area contributed by atoms with E-state index in [1.54, 1.807) is 0 Å². The molecule has 0 bridgehead atoms. The summed E-state index contributed by atoms with van der Waals surface area (Å²) in [4.78, 5) is 2.46. The molecule has 1 aromatic carbocycles. The van der Waals surface area contributed by atoms with Gasteiger partial charge >= 0.3 is 0 Å². The summed E-state index contributed by atoms with van der Waals surface area (Å²) in [7, 11) is 2.22. The molecule has 0 aromatic heterocycles. The summed E-state index contributed by atoms with van der Waals surface area (Å²) in [6, 6.07) is 8.45. The maximum atomic E-state index is 6.15. The molecule has 0 radical (unpaired) electrons. The maximum absolute atomic E-state index is 6.15. The predicted molar refractivity (Wildman–Crippen MR) is 88.5 cm³/mol. The lowest BCUT2D eigenvalue weighted by Gasteiger charge is -2.48. The van der Waals surface area contributed by atoms with Crippen molar-refractivity contribution in [1.29, 1.82) is 0 Å². The van der Waals surface area contributed by atoms with Gasteiger partial charge in [-0.25, -0.2) is 0 Å². The Bertz CT molecular complexity index is 426. The second kappa shape index (κ2) is 6.61. The number of halogens is 1. The van der Waals surface area contributed by atoms with Crippen LogP contribution < -0.4 is 5.73 Å². The Kier molecular flexibility index (Phi) is 5.35. The van der Waals surface area contributed by atoms with E-state index >= 15 is 0 Å². The smallest absolute Gasteiger partial charge is 0.0448 e. The molecule has 106 valence electrons. The van der Waals surface area contributed by atoms with E-state index in [1.165, 1.54) is 28.6 Å². The van der Waals surface area contributed by atoms with E-state index in [-0.39, 0.29) is 5.54 Å². The highest BCUT2D eigenvalue weighted by Gasteiger charge is 2.41. The number of benzene rings is 1. The lowest BCUT2D eigenvalue weighted by Crippen LogP contribution is -2.59. The Balaban J connectivity index is 2.17. The molecule has 4 heteroatoms. The van der Waals surface area contributed by atoms with Crippen molar-refractivity contribution >= 4 is 27.7 Å². The van der Waals surface area contributed by atoms with Crippen LogP contribution in [0, 0.1) is 0 Å². The molecular formula is C15H23BrN2S. The van der Waals surface area contributed by atoms with Gasteiger partial charge in [0, 0.05) is 28.4 Å². The Morgan fingerprint density at radius 1 is 1.47 bits per heavy atom. The fraction of sp³-hybridized carbons (Fsp3) is 0.600. The van der Waals surface area contributed by atoms with Gasteiger partial charge in [-0.1, -0.05) is 41.1 Å². The summed E-state index contributed by atoms with van der Waals surface area (Å²) in [6.45, 7) is 4.01. The summed E-state index contributed by atoms with van der Waals surface area (Å²) >= 11 is 5.70. The van der Waals surface area contributed by atoms with Gasteiger partial charge in [0.2, 0.25) is 0 Å². The van der Waals surface area contributed by atoms with Crippen molar-refractivity contribution in [1.82, 2.24) is 4.90 Å². The molecule has 0 saturated carbocycles. The minimum atomic E-state index is 0.137. The van der Waals surface area contributed by atoms with Crippen LogP contribution in [0.1, 0.15) is 25.3 Å². The van der Waals surface area contributed by atoms with Gasteiger partial charge in [0.15, 0.2) is 0 Å². The van der Waals surface area contributed by atoms with Crippen LogP contribution in [0.2, 0.25) is 0 Å². The highest BCUT2D eigenvalue weighted by molar-refractivity contribution is 9.10. The Hall–Kier alpha value is -0.0300. The van der Waals surface area contributed by atoms with Gasteiger partial charge < -0.3 is 5.73 Å². The van der Waals surface area contributed by atoms with E-state index < -0.39 is 0 Å². The molecule has 1 aliphatic rings. The largest absolute Gasteiger partial charge is 0.329 e. The van der Waals surface area contributed by atoms with Gasteiger partial charge in [-0.3, -0.25) is 4.90 Å². The quantitative estimate of drug-likeness (QED) is 0.907. The highest BCUT2D eigenvalue weighted by atomic mass is 79.9. The zero-order valence-electron chi connectivity index (χ0n) is 11.7. The fourth-order valence-corrected chi connectivity index (χ4v) is 4.74. The third-order valence-electron chi connectivity index (χ3n) is 4.36. The second-order valence-corrected chi connectivity index (χ2v) is 7.67. The number of nitrogens with two attached hydrogens (primary N) is 1. The molecule has 1 aliphatic heterocycles. The minimum absolute atomic E-state index is 0.137. The first-order chi connectivity index (χ1) is 9.10. The van der Waals surface area contributed by atoms with Gasteiger partial charge in [-0.15, -0.1) is 0 Å². The van der Waals surface area contributed by atoms with E-state index in [9.17, 15) is 0 Å². The van der Waals surface area contributed by atoms with Gasteiger partial charge in [-0.05, 0) is 37.3 Å². The molecule has 0 amide bonds. The molecule has 2 rings (SSSR count). The molecule has 1 aromatic rings. The monoisotopic (exact) mass is 342 g/mol. The van der Waals surface area contributed by atoms with Crippen molar-refractivity contribution in [3.05, 3.63) is 34.3 Å². The van der Waals surface area contributed by atoms with Crippen molar-refractivity contribution in [3.63, 3.8) is 0 Å². The normalized spacial score (nSPS) is 27.7. The molecule has 0 spiro atoms. The van der Waals surface area contributed by atoms with Crippen LogP contribution in [-0.4, -0.2) is 35.0 Å². The van der Waals surface area contributed by atoms with E-state index in [4.69, 9.17) is 5.73 Å². The number of likely N-dealkylation sites (N-methyl/N-ethyl adjacent to an activating group) is 1. The minimum Gasteiger partial charge on any atom is -0.329 e. The number of hydrogen-bond donors (Lipinski definition) is 1. The number of hydrogen-bond acceptors (Lipinski definition) is 3.